The lowest BCUT2D eigenvalue weighted by atomic mass is 9.98. The van der Waals surface area contributed by atoms with Gasteiger partial charge in [-0.3, -0.25) is 0 Å². The number of anilines is 3. The zero-order valence-corrected chi connectivity index (χ0v) is 33.7. The SMILES string of the molecule is [2H]c1c([2H])c(N(c2c([2H])c([2H])c(-c3c([2H])c([2H])c4c([2H])c([2H])c([2H])c([2H])c4c3[2H])c([2H])c2[2H])c2ccc(-c3cccc(-n4c5ccccc5c5ccccc54)c3)c3oc4ccccc4c23)c([2H])c([2H])c1-c1c([2H])c([2H])c2c([2H])c([2H])c([2H])c([2H])c2c1[2H]. The van der Waals surface area contributed by atoms with Crippen molar-refractivity contribution in [1.29, 1.82) is 0 Å². The highest BCUT2D eigenvalue weighted by Crippen LogP contribution is 2.47. The lowest BCUT2D eigenvalue weighted by Crippen LogP contribution is -2.10. The monoisotopic (exact) mass is 850 g/mol. The number of benzene rings is 11. The number of aromatic nitrogens is 1. The summed E-state index contributed by atoms with van der Waals surface area (Å²) in [6.07, 6.45) is 0. The Hall–Kier alpha value is -8.66. The molecule has 304 valence electrons. The fourth-order valence-electron chi connectivity index (χ4n) is 8.49. The van der Waals surface area contributed by atoms with Crippen LogP contribution in [0.4, 0.5) is 17.1 Å². The van der Waals surface area contributed by atoms with Crippen LogP contribution in [0.15, 0.2) is 247 Å². The summed E-state index contributed by atoms with van der Waals surface area (Å²) in [5.74, 6) is 0. The van der Waals surface area contributed by atoms with Crippen LogP contribution in [-0.2, 0) is 0 Å². The van der Waals surface area contributed by atoms with Gasteiger partial charge in [-0.1, -0.05) is 163 Å². The van der Waals surface area contributed by atoms with Crippen LogP contribution >= 0.6 is 0 Å². The molecule has 0 amide bonds. The minimum Gasteiger partial charge on any atom is -0.455 e. The molecule has 0 saturated carbocycles. The van der Waals surface area contributed by atoms with Gasteiger partial charge in [-0.15, -0.1) is 0 Å². The van der Waals surface area contributed by atoms with Crippen LogP contribution in [-0.4, -0.2) is 4.57 Å². The van der Waals surface area contributed by atoms with Gasteiger partial charge in [-0.05, 0) is 128 Å². The normalized spacial score (nSPS) is 16.4. The van der Waals surface area contributed by atoms with E-state index in [0.29, 0.717) is 22.1 Å². The summed E-state index contributed by atoms with van der Waals surface area (Å²) in [4.78, 5) is 0.990. The van der Waals surface area contributed by atoms with Crippen LogP contribution in [0.25, 0.3) is 104 Å². The van der Waals surface area contributed by atoms with Crippen LogP contribution in [0.5, 0.6) is 0 Å². The fourth-order valence-corrected chi connectivity index (χ4v) is 8.49. The molecule has 3 heteroatoms. The molecule has 13 aromatic rings. The molecule has 0 fully saturated rings. The first-order valence-electron chi connectivity index (χ1n) is 31.5. The summed E-state index contributed by atoms with van der Waals surface area (Å²) in [5.41, 5.74) is -0.0282. The van der Waals surface area contributed by atoms with Gasteiger partial charge in [0, 0.05) is 38.8 Å². The van der Waals surface area contributed by atoms with Crippen LogP contribution in [0.3, 0.4) is 0 Å². The van der Waals surface area contributed by atoms with Crippen molar-refractivity contribution in [2.24, 2.45) is 0 Å². The molecule has 0 radical (unpaired) electrons. The summed E-state index contributed by atoms with van der Waals surface area (Å²) in [7, 11) is 0. The smallest absolute Gasteiger partial charge is 0.145 e. The van der Waals surface area contributed by atoms with E-state index in [1.807, 2.05) is 72.8 Å². The Kier molecular flexibility index (Phi) is 4.88. The molecule has 13 rings (SSSR count). The van der Waals surface area contributed by atoms with Crippen molar-refractivity contribution in [3.05, 3.63) is 242 Å². The molecule has 0 atom stereocenters. The van der Waals surface area contributed by atoms with Crippen molar-refractivity contribution in [3.8, 4) is 39.1 Å². The lowest BCUT2D eigenvalue weighted by molar-refractivity contribution is 0.670. The third-order valence-corrected chi connectivity index (χ3v) is 11.4. The molecular formula is C62H40N2O. The predicted molar refractivity (Wildman–Crippen MR) is 274 cm³/mol. The Balaban J connectivity index is 1.12. The molecule has 65 heavy (non-hydrogen) atoms. The summed E-state index contributed by atoms with van der Waals surface area (Å²) >= 11 is 0. The number of nitrogens with zero attached hydrogens (tertiary/aromatic N) is 2. The Labute approximate surface area is 407 Å². The van der Waals surface area contributed by atoms with Gasteiger partial charge in [-0.25, -0.2) is 0 Å². The van der Waals surface area contributed by atoms with Gasteiger partial charge in [0.15, 0.2) is 0 Å². The molecule has 0 saturated heterocycles. The molecule has 0 aliphatic rings. The van der Waals surface area contributed by atoms with E-state index < -0.39 is 188 Å². The molecule has 0 aliphatic heterocycles. The third-order valence-electron chi connectivity index (χ3n) is 11.4. The zero-order chi connectivity index (χ0) is 62.0. The first-order chi connectivity index (χ1) is 41.4. The first-order valence-corrected chi connectivity index (χ1v) is 20.5. The lowest BCUT2D eigenvalue weighted by Gasteiger charge is -2.27. The number of rotatable bonds is 7. The molecule has 0 aliphatic carbocycles. The van der Waals surface area contributed by atoms with Crippen molar-refractivity contribution < 1.29 is 34.6 Å². The van der Waals surface area contributed by atoms with Crippen LogP contribution in [0.2, 0.25) is 0 Å². The largest absolute Gasteiger partial charge is 0.455 e. The standard InChI is InChI=1S/C62H40N2O/c1-3-14-45-38-47(26-24-41(45)12-1)43-28-32-50(33-29-43)63(51-34-30-44(31-35-51)48-27-25-42-13-2-4-15-46(42)39-48)59-37-36-53(62-61(59)56-20-7-10-23-60(56)65-62)49-16-11-17-52(40-49)64-57-21-8-5-18-54(57)55-19-6-9-22-58(55)64/h1-40H/i1D,2D,3D,4D,12D,13D,14D,15D,24D,25D,26D,27D,28D,29D,30D,31D,32D,33D,34D,35D,38D,39D. The second-order valence-corrected chi connectivity index (χ2v) is 15.1. The van der Waals surface area contributed by atoms with Gasteiger partial charge >= 0.3 is 0 Å². The average Bonchev–Trinajstić information content (AvgIpc) is 1.15. The quantitative estimate of drug-likeness (QED) is 0.159. The van der Waals surface area contributed by atoms with Crippen molar-refractivity contribution in [1.82, 2.24) is 4.57 Å². The Morgan fingerprint density at radius 3 is 1.54 bits per heavy atom. The van der Waals surface area contributed by atoms with E-state index in [1.54, 1.807) is 30.3 Å². The van der Waals surface area contributed by atoms with Crippen molar-refractivity contribution in [2.75, 3.05) is 4.90 Å². The van der Waals surface area contributed by atoms with E-state index in [2.05, 4.69) is 4.57 Å². The van der Waals surface area contributed by atoms with E-state index in [-0.39, 0.29) is 16.7 Å². The first kappa shape index (κ1) is 21.1. The van der Waals surface area contributed by atoms with Gasteiger partial charge in [-0.2, -0.15) is 0 Å². The summed E-state index contributed by atoms with van der Waals surface area (Å²) in [5, 5.41) is 0.654. The van der Waals surface area contributed by atoms with Crippen molar-refractivity contribution in [3.63, 3.8) is 0 Å². The van der Waals surface area contributed by atoms with Crippen molar-refractivity contribution in [2.45, 2.75) is 0 Å². The third kappa shape index (κ3) is 6.20. The average molecular weight is 851 g/mol. The molecule has 2 aromatic heterocycles. The zero-order valence-electron chi connectivity index (χ0n) is 55.7. The van der Waals surface area contributed by atoms with E-state index in [1.165, 1.54) is 6.07 Å². The summed E-state index contributed by atoms with van der Waals surface area (Å²) < 4.78 is 210. The minimum absolute atomic E-state index is 0.0885. The maximum absolute atomic E-state index is 9.92. The summed E-state index contributed by atoms with van der Waals surface area (Å²) in [6.45, 7) is 0. The molecule has 0 unspecified atom stereocenters. The highest BCUT2D eigenvalue weighted by Gasteiger charge is 2.23. The Morgan fingerprint density at radius 2 is 0.938 bits per heavy atom. The number of fused-ring (bicyclic) bond motifs is 8. The topological polar surface area (TPSA) is 21.3 Å². The predicted octanol–water partition coefficient (Wildman–Crippen LogP) is 17.5. The fraction of sp³-hybridized carbons (Fsp3) is 0. The van der Waals surface area contributed by atoms with Gasteiger partial charge in [0.05, 0.1) is 52.3 Å². The Morgan fingerprint density at radius 1 is 0.415 bits per heavy atom. The molecule has 3 nitrogen and oxygen atoms in total. The van der Waals surface area contributed by atoms with Gasteiger partial charge < -0.3 is 13.9 Å². The van der Waals surface area contributed by atoms with Gasteiger partial charge in [0.25, 0.3) is 0 Å². The summed E-state index contributed by atoms with van der Waals surface area (Å²) in [6, 6.07) is 15.2. The number of hydrogen-bond acceptors (Lipinski definition) is 2. The van der Waals surface area contributed by atoms with Crippen molar-refractivity contribution >= 4 is 82.4 Å². The van der Waals surface area contributed by atoms with Crippen LogP contribution < -0.4 is 4.90 Å². The van der Waals surface area contributed by atoms with E-state index >= 15 is 0 Å². The maximum atomic E-state index is 9.92. The highest BCUT2D eigenvalue weighted by molar-refractivity contribution is 6.17. The van der Waals surface area contributed by atoms with E-state index in [9.17, 15) is 13.7 Å². The number of furan rings is 1. The second-order valence-electron chi connectivity index (χ2n) is 15.1. The van der Waals surface area contributed by atoms with E-state index in [4.69, 9.17) is 20.9 Å². The van der Waals surface area contributed by atoms with Gasteiger partial charge in [0.1, 0.15) is 11.2 Å². The second kappa shape index (κ2) is 15.0. The molecule has 0 bridgehead atoms. The highest BCUT2D eigenvalue weighted by atomic mass is 16.3. The maximum Gasteiger partial charge on any atom is 0.145 e. The molecule has 0 N–H and O–H groups in total. The van der Waals surface area contributed by atoms with Crippen LogP contribution in [0.1, 0.15) is 30.2 Å². The van der Waals surface area contributed by atoms with Crippen LogP contribution in [0, 0.1) is 0 Å². The molecule has 0 spiro atoms. The van der Waals surface area contributed by atoms with Gasteiger partial charge in [0.2, 0.25) is 0 Å². The number of para-hydroxylation sites is 3. The molecular weight excluding hydrogens is 789 g/mol. The Bertz CT molecular complexity index is 4990. The molecule has 2 heterocycles. The number of hydrogen-bond donors (Lipinski definition) is 0. The molecule has 11 aromatic carbocycles. The minimum atomic E-state index is -0.947. The van der Waals surface area contributed by atoms with E-state index in [0.717, 1.165) is 32.4 Å².